The predicted octanol–water partition coefficient (Wildman–Crippen LogP) is 3.78. The summed E-state index contributed by atoms with van der Waals surface area (Å²) in [6.45, 7) is 3.52. The summed E-state index contributed by atoms with van der Waals surface area (Å²) in [6, 6.07) is 0. The second-order valence-electron chi connectivity index (χ2n) is 4.63. The second-order valence-corrected chi connectivity index (χ2v) is 4.63. The lowest BCUT2D eigenvalue weighted by Crippen LogP contribution is -2.29. The third kappa shape index (κ3) is 4.94. The van der Waals surface area contributed by atoms with Crippen LogP contribution in [-0.4, -0.2) is 31.2 Å². The maximum Gasteiger partial charge on any atom is 0.416 e. The van der Waals surface area contributed by atoms with Crippen molar-refractivity contribution in [3.8, 4) is 0 Å². The minimum Gasteiger partial charge on any atom is -0.306 e. The number of likely N-dealkylation sites (tertiary alicyclic amines) is 1. The molecule has 0 aliphatic carbocycles. The number of halogens is 3. The molecular weight excluding hydrogens is 227 g/mol. The fourth-order valence-corrected chi connectivity index (χ4v) is 2.04. The van der Waals surface area contributed by atoms with E-state index in [0.717, 1.165) is 38.4 Å². The van der Waals surface area contributed by atoms with Crippen LogP contribution in [0.25, 0.3) is 0 Å². The highest BCUT2D eigenvalue weighted by Gasteiger charge is 2.30. The van der Waals surface area contributed by atoms with E-state index < -0.39 is 11.7 Å². The molecule has 1 nitrogen and oxygen atoms in total. The lowest BCUT2D eigenvalue weighted by molar-refractivity contribution is -0.0883. The molecule has 1 aliphatic rings. The van der Waals surface area contributed by atoms with E-state index in [1.807, 2.05) is 0 Å². The molecule has 17 heavy (non-hydrogen) atoms. The zero-order valence-corrected chi connectivity index (χ0v) is 10.4. The van der Waals surface area contributed by atoms with Crippen molar-refractivity contribution in [1.82, 2.24) is 4.90 Å². The van der Waals surface area contributed by atoms with Gasteiger partial charge >= 0.3 is 6.18 Å². The van der Waals surface area contributed by atoms with Gasteiger partial charge in [-0.1, -0.05) is 18.2 Å². The molecule has 0 N–H and O–H groups in total. The smallest absolute Gasteiger partial charge is 0.306 e. The first-order chi connectivity index (χ1) is 7.93. The molecule has 0 aromatic carbocycles. The van der Waals surface area contributed by atoms with Gasteiger partial charge in [0.1, 0.15) is 0 Å². The van der Waals surface area contributed by atoms with Crippen LogP contribution in [0.1, 0.15) is 26.2 Å². The maximum atomic E-state index is 12.4. The molecule has 98 valence electrons. The molecular formula is C13H20F3N. The first-order valence-electron chi connectivity index (χ1n) is 6.02. The molecule has 0 amide bonds. The van der Waals surface area contributed by atoms with Crippen LogP contribution in [0.4, 0.5) is 13.2 Å². The average Bonchev–Trinajstić information content (AvgIpc) is 2.25. The van der Waals surface area contributed by atoms with Gasteiger partial charge in [0.15, 0.2) is 0 Å². The number of hydrogen-bond donors (Lipinski definition) is 0. The summed E-state index contributed by atoms with van der Waals surface area (Å²) in [6.07, 6.45) is 2.68. The van der Waals surface area contributed by atoms with Gasteiger partial charge in [-0.3, -0.25) is 0 Å². The van der Waals surface area contributed by atoms with E-state index in [9.17, 15) is 13.2 Å². The quantitative estimate of drug-likeness (QED) is 0.686. The van der Waals surface area contributed by atoms with Crippen LogP contribution in [0.5, 0.6) is 0 Å². The Kier molecular flexibility index (Phi) is 5.25. The highest BCUT2D eigenvalue weighted by Crippen LogP contribution is 2.27. The van der Waals surface area contributed by atoms with E-state index in [1.165, 1.54) is 13.0 Å². The number of allylic oxidation sites excluding steroid dienone is 4. The van der Waals surface area contributed by atoms with Crippen LogP contribution in [0.15, 0.2) is 23.8 Å². The normalized spacial score (nSPS) is 21.4. The van der Waals surface area contributed by atoms with Crippen molar-refractivity contribution in [3.05, 3.63) is 23.8 Å². The van der Waals surface area contributed by atoms with Gasteiger partial charge in [0.25, 0.3) is 0 Å². The van der Waals surface area contributed by atoms with Crippen molar-refractivity contribution in [1.29, 1.82) is 0 Å². The predicted molar refractivity (Wildman–Crippen MR) is 63.8 cm³/mol. The SMILES string of the molecule is C/C=C(\C=C/CC1CCN(C)CC1)C(F)(F)F. The molecule has 0 atom stereocenters. The number of piperidine rings is 1. The molecule has 1 heterocycles. The summed E-state index contributed by atoms with van der Waals surface area (Å²) in [5.74, 6) is 0.536. The first kappa shape index (κ1) is 14.3. The molecule has 0 radical (unpaired) electrons. The van der Waals surface area contributed by atoms with E-state index in [4.69, 9.17) is 0 Å². The molecule has 4 heteroatoms. The van der Waals surface area contributed by atoms with Gasteiger partial charge in [0.05, 0.1) is 5.57 Å². The summed E-state index contributed by atoms with van der Waals surface area (Å²) in [7, 11) is 2.08. The van der Waals surface area contributed by atoms with Crippen molar-refractivity contribution in [2.45, 2.75) is 32.4 Å². The minimum absolute atomic E-state index is 0.536. The standard InChI is InChI=1S/C13H20F3N/c1-3-12(13(14,15)16)6-4-5-11-7-9-17(2)10-8-11/h3-4,6,11H,5,7-10H2,1-2H3/b6-4-,12-3+. The summed E-state index contributed by atoms with van der Waals surface area (Å²) < 4.78 is 37.2. The highest BCUT2D eigenvalue weighted by atomic mass is 19.4. The Hall–Kier alpha value is -0.770. The van der Waals surface area contributed by atoms with Gasteiger partial charge < -0.3 is 4.90 Å². The third-order valence-electron chi connectivity index (χ3n) is 3.24. The minimum atomic E-state index is -4.22. The summed E-state index contributed by atoms with van der Waals surface area (Å²) in [5.41, 5.74) is -0.551. The molecule has 1 rings (SSSR count). The topological polar surface area (TPSA) is 3.24 Å². The van der Waals surface area contributed by atoms with Gasteiger partial charge in [-0.25, -0.2) is 0 Å². The van der Waals surface area contributed by atoms with E-state index in [2.05, 4.69) is 11.9 Å². The van der Waals surface area contributed by atoms with Crippen LogP contribution in [0.3, 0.4) is 0 Å². The molecule has 1 aliphatic heterocycles. The molecule has 0 spiro atoms. The Labute approximate surface area is 101 Å². The van der Waals surface area contributed by atoms with E-state index >= 15 is 0 Å². The van der Waals surface area contributed by atoms with Gasteiger partial charge in [0.2, 0.25) is 0 Å². The Morgan fingerprint density at radius 1 is 1.29 bits per heavy atom. The van der Waals surface area contributed by atoms with E-state index in [-0.39, 0.29) is 0 Å². The number of alkyl halides is 3. The monoisotopic (exact) mass is 247 g/mol. The lowest BCUT2D eigenvalue weighted by Gasteiger charge is -2.28. The zero-order valence-electron chi connectivity index (χ0n) is 10.4. The lowest BCUT2D eigenvalue weighted by atomic mass is 9.93. The van der Waals surface area contributed by atoms with E-state index in [0.29, 0.717) is 5.92 Å². The molecule has 0 aromatic rings. The van der Waals surface area contributed by atoms with Crippen molar-refractivity contribution in [3.63, 3.8) is 0 Å². The van der Waals surface area contributed by atoms with E-state index in [1.54, 1.807) is 6.08 Å². The van der Waals surface area contributed by atoms with Gasteiger partial charge in [-0.15, -0.1) is 0 Å². The molecule has 1 saturated heterocycles. The second kappa shape index (κ2) is 6.24. The molecule has 0 aromatic heterocycles. The van der Waals surface area contributed by atoms with Crippen LogP contribution < -0.4 is 0 Å². The van der Waals surface area contributed by atoms with Crippen molar-refractivity contribution in [2.75, 3.05) is 20.1 Å². The Morgan fingerprint density at radius 2 is 1.88 bits per heavy atom. The fourth-order valence-electron chi connectivity index (χ4n) is 2.04. The van der Waals surface area contributed by atoms with Gasteiger partial charge in [-0.2, -0.15) is 13.2 Å². The summed E-state index contributed by atoms with van der Waals surface area (Å²) >= 11 is 0. The first-order valence-corrected chi connectivity index (χ1v) is 6.02. The van der Waals surface area contributed by atoms with Crippen LogP contribution in [-0.2, 0) is 0 Å². The number of hydrogen-bond acceptors (Lipinski definition) is 1. The Bertz CT molecular complexity index is 284. The van der Waals surface area contributed by atoms with Crippen molar-refractivity contribution >= 4 is 0 Å². The van der Waals surface area contributed by atoms with Crippen LogP contribution in [0, 0.1) is 5.92 Å². The van der Waals surface area contributed by atoms with Gasteiger partial charge in [0, 0.05) is 0 Å². The molecule has 0 saturated carbocycles. The van der Waals surface area contributed by atoms with Gasteiger partial charge in [-0.05, 0) is 52.2 Å². The Balaban J connectivity index is 2.39. The molecule has 1 fully saturated rings. The van der Waals surface area contributed by atoms with Crippen molar-refractivity contribution in [2.24, 2.45) is 5.92 Å². The summed E-state index contributed by atoms with van der Waals surface area (Å²) in [4.78, 5) is 2.26. The number of rotatable bonds is 3. The maximum absolute atomic E-state index is 12.4. The third-order valence-corrected chi connectivity index (χ3v) is 3.24. The van der Waals surface area contributed by atoms with Crippen LogP contribution in [0.2, 0.25) is 0 Å². The number of nitrogens with zero attached hydrogens (tertiary/aromatic N) is 1. The fraction of sp³-hybridized carbons (Fsp3) is 0.692. The average molecular weight is 247 g/mol. The molecule has 0 bridgehead atoms. The largest absolute Gasteiger partial charge is 0.416 e. The van der Waals surface area contributed by atoms with Crippen LogP contribution >= 0.6 is 0 Å². The molecule has 0 unspecified atom stereocenters. The zero-order chi connectivity index (χ0) is 12.9. The Morgan fingerprint density at radius 3 is 2.35 bits per heavy atom. The summed E-state index contributed by atoms with van der Waals surface area (Å²) in [5, 5.41) is 0. The highest BCUT2D eigenvalue weighted by molar-refractivity contribution is 5.22. The van der Waals surface area contributed by atoms with Crippen molar-refractivity contribution < 1.29 is 13.2 Å².